The van der Waals surface area contributed by atoms with E-state index in [0.29, 0.717) is 5.75 Å². The van der Waals surface area contributed by atoms with Crippen molar-refractivity contribution in [1.29, 1.82) is 0 Å². The zero-order valence-electron chi connectivity index (χ0n) is 16.1. The highest BCUT2D eigenvalue weighted by molar-refractivity contribution is 7.92. The molecule has 0 aliphatic carbocycles. The molecule has 0 atom stereocenters. The first kappa shape index (κ1) is 21.9. The summed E-state index contributed by atoms with van der Waals surface area (Å²) in [5, 5.41) is 1.93. The van der Waals surface area contributed by atoms with Crippen molar-refractivity contribution in [2.45, 2.75) is 29.2 Å². The number of sulfone groups is 1. The van der Waals surface area contributed by atoms with Crippen molar-refractivity contribution in [3.8, 4) is 5.75 Å². The van der Waals surface area contributed by atoms with E-state index in [2.05, 4.69) is 5.32 Å². The van der Waals surface area contributed by atoms with E-state index in [-0.39, 0.29) is 36.5 Å². The van der Waals surface area contributed by atoms with Gasteiger partial charge in [-0.1, -0.05) is 0 Å². The number of hydrogen-bond acceptors (Lipinski definition) is 4. The van der Waals surface area contributed by atoms with Crippen molar-refractivity contribution in [3.63, 3.8) is 0 Å². The summed E-state index contributed by atoms with van der Waals surface area (Å²) in [5.74, 6) is 0.559. The Bertz CT molecular complexity index is 982. The zero-order valence-corrected chi connectivity index (χ0v) is 17.0. The third-order valence-electron chi connectivity index (χ3n) is 5.02. The van der Waals surface area contributed by atoms with Gasteiger partial charge in [-0.2, -0.15) is 13.2 Å². The first-order valence-corrected chi connectivity index (χ1v) is 10.8. The molecule has 1 aliphatic rings. The number of ether oxygens (including phenoxy) is 1. The van der Waals surface area contributed by atoms with Crippen molar-refractivity contribution >= 4 is 21.6 Å². The standard InChI is InChI=1S/C20H21F3N2O4S/c1-29-16-6-8-17(9-7-16)30(27,28)18-10-12-25(13-11-18)19(26)24-15-4-2-14(3-5-15)20(21,22)23/h2-9,18H,10-13H2,1H3,(H,24,26). The predicted molar refractivity (Wildman–Crippen MR) is 105 cm³/mol. The second-order valence-corrected chi connectivity index (χ2v) is 9.14. The third kappa shape index (κ3) is 4.86. The van der Waals surface area contributed by atoms with Crippen LogP contribution in [0.3, 0.4) is 0 Å². The summed E-state index contributed by atoms with van der Waals surface area (Å²) in [6.07, 6.45) is -3.90. The van der Waals surface area contributed by atoms with Crippen molar-refractivity contribution in [2.24, 2.45) is 0 Å². The minimum atomic E-state index is -4.44. The van der Waals surface area contributed by atoms with Crippen molar-refractivity contribution < 1.29 is 31.1 Å². The summed E-state index contributed by atoms with van der Waals surface area (Å²) in [4.78, 5) is 14.0. The molecule has 2 aromatic rings. The average Bonchev–Trinajstić information content (AvgIpc) is 2.73. The van der Waals surface area contributed by atoms with Gasteiger partial charge in [-0.25, -0.2) is 13.2 Å². The summed E-state index contributed by atoms with van der Waals surface area (Å²) in [7, 11) is -2.04. The molecule has 0 unspecified atom stereocenters. The molecule has 2 aromatic carbocycles. The number of carbonyl (C=O) groups excluding carboxylic acids is 1. The number of rotatable bonds is 4. The van der Waals surface area contributed by atoms with Gasteiger partial charge in [-0.05, 0) is 61.4 Å². The van der Waals surface area contributed by atoms with E-state index in [0.717, 1.165) is 12.1 Å². The van der Waals surface area contributed by atoms with Crippen LogP contribution >= 0.6 is 0 Å². The van der Waals surface area contributed by atoms with Gasteiger partial charge < -0.3 is 15.0 Å². The zero-order chi connectivity index (χ0) is 21.9. The molecule has 3 rings (SSSR count). The third-order valence-corrected chi connectivity index (χ3v) is 7.30. The van der Waals surface area contributed by atoms with Crippen molar-refractivity contribution in [3.05, 3.63) is 54.1 Å². The largest absolute Gasteiger partial charge is 0.497 e. The first-order chi connectivity index (χ1) is 14.1. The second kappa shape index (κ2) is 8.55. The Morgan fingerprint density at radius 2 is 1.60 bits per heavy atom. The lowest BCUT2D eigenvalue weighted by molar-refractivity contribution is -0.137. The second-order valence-electron chi connectivity index (χ2n) is 6.91. The van der Waals surface area contributed by atoms with E-state index in [1.807, 2.05) is 0 Å². The molecule has 1 fully saturated rings. The Labute approximate surface area is 172 Å². The van der Waals surface area contributed by atoms with E-state index < -0.39 is 32.9 Å². The lowest BCUT2D eigenvalue weighted by Gasteiger charge is -2.31. The molecule has 2 amide bonds. The Hall–Kier alpha value is -2.75. The normalized spacial score (nSPS) is 15.7. The highest BCUT2D eigenvalue weighted by atomic mass is 32.2. The minimum absolute atomic E-state index is 0.205. The van der Waals surface area contributed by atoms with Crippen LogP contribution in [0.2, 0.25) is 0 Å². The highest BCUT2D eigenvalue weighted by Gasteiger charge is 2.33. The van der Waals surface area contributed by atoms with Gasteiger partial charge in [0.05, 0.1) is 22.8 Å². The number of carbonyl (C=O) groups is 1. The van der Waals surface area contributed by atoms with E-state index in [4.69, 9.17) is 4.74 Å². The molecule has 10 heteroatoms. The molecule has 1 saturated heterocycles. The molecule has 162 valence electrons. The lowest BCUT2D eigenvalue weighted by atomic mass is 10.1. The fourth-order valence-electron chi connectivity index (χ4n) is 3.27. The fourth-order valence-corrected chi connectivity index (χ4v) is 5.00. The molecular weight excluding hydrogens is 421 g/mol. The van der Waals surface area contributed by atoms with Gasteiger partial charge in [0.25, 0.3) is 0 Å². The van der Waals surface area contributed by atoms with E-state index in [9.17, 15) is 26.4 Å². The van der Waals surface area contributed by atoms with Crippen LogP contribution in [-0.4, -0.2) is 44.8 Å². The Kier molecular flexibility index (Phi) is 6.25. The van der Waals surface area contributed by atoms with Gasteiger partial charge in [0, 0.05) is 18.8 Å². The average molecular weight is 442 g/mol. The molecule has 1 heterocycles. The number of methoxy groups -OCH3 is 1. The van der Waals surface area contributed by atoms with Gasteiger partial charge in [0.2, 0.25) is 0 Å². The van der Waals surface area contributed by atoms with Gasteiger partial charge in [-0.15, -0.1) is 0 Å². The van der Waals surface area contributed by atoms with Crippen LogP contribution in [0.1, 0.15) is 18.4 Å². The first-order valence-electron chi connectivity index (χ1n) is 9.22. The number of alkyl halides is 3. The summed E-state index contributed by atoms with van der Waals surface area (Å²) < 4.78 is 68.5. The predicted octanol–water partition coefficient (Wildman–Crippen LogP) is 4.18. The number of hydrogen-bond donors (Lipinski definition) is 1. The number of amides is 2. The lowest BCUT2D eigenvalue weighted by Crippen LogP contribution is -2.44. The van der Waals surface area contributed by atoms with E-state index >= 15 is 0 Å². The maximum absolute atomic E-state index is 12.8. The van der Waals surface area contributed by atoms with Crippen LogP contribution in [0.25, 0.3) is 0 Å². The number of halogens is 3. The summed E-state index contributed by atoms with van der Waals surface area (Å²) in [5.41, 5.74) is -0.564. The Morgan fingerprint density at radius 3 is 2.10 bits per heavy atom. The maximum Gasteiger partial charge on any atom is 0.416 e. The van der Waals surface area contributed by atoms with Crippen LogP contribution in [0, 0.1) is 0 Å². The van der Waals surface area contributed by atoms with E-state index in [1.165, 1.54) is 36.3 Å². The van der Waals surface area contributed by atoms with E-state index in [1.54, 1.807) is 12.1 Å². The van der Waals surface area contributed by atoms with Gasteiger partial charge in [0.15, 0.2) is 9.84 Å². The molecule has 1 N–H and O–H groups in total. The van der Waals surface area contributed by atoms with Crippen LogP contribution in [-0.2, 0) is 16.0 Å². The summed E-state index contributed by atoms with van der Waals surface area (Å²) in [6, 6.07) is 9.83. The summed E-state index contributed by atoms with van der Waals surface area (Å²) >= 11 is 0. The van der Waals surface area contributed by atoms with Crippen LogP contribution in [0.15, 0.2) is 53.4 Å². The Balaban J connectivity index is 1.58. The Morgan fingerprint density at radius 1 is 1.03 bits per heavy atom. The van der Waals surface area contributed by atoms with Crippen molar-refractivity contribution in [2.75, 3.05) is 25.5 Å². The van der Waals surface area contributed by atoms with Crippen LogP contribution in [0.4, 0.5) is 23.7 Å². The number of urea groups is 1. The monoisotopic (exact) mass is 442 g/mol. The molecular formula is C20H21F3N2O4S. The molecule has 0 aromatic heterocycles. The SMILES string of the molecule is COc1ccc(S(=O)(=O)C2CCN(C(=O)Nc3ccc(C(F)(F)F)cc3)CC2)cc1. The molecule has 1 aliphatic heterocycles. The topological polar surface area (TPSA) is 75.7 Å². The minimum Gasteiger partial charge on any atom is -0.497 e. The molecule has 30 heavy (non-hydrogen) atoms. The van der Waals surface area contributed by atoms with Gasteiger partial charge >= 0.3 is 12.2 Å². The molecule has 6 nitrogen and oxygen atoms in total. The molecule has 0 radical (unpaired) electrons. The van der Waals surface area contributed by atoms with Crippen molar-refractivity contribution in [1.82, 2.24) is 4.90 Å². The molecule has 0 saturated carbocycles. The number of nitrogens with zero attached hydrogens (tertiary/aromatic N) is 1. The molecule has 0 bridgehead atoms. The quantitative estimate of drug-likeness (QED) is 0.771. The maximum atomic E-state index is 12.8. The van der Waals surface area contributed by atoms with Gasteiger partial charge in [-0.3, -0.25) is 0 Å². The van der Waals surface area contributed by atoms with Crippen LogP contribution < -0.4 is 10.1 Å². The number of piperidine rings is 1. The number of likely N-dealkylation sites (tertiary alicyclic amines) is 1. The number of nitrogens with one attached hydrogen (secondary N) is 1. The van der Waals surface area contributed by atoms with Crippen LogP contribution in [0.5, 0.6) is 5.75 Å². The molecule has 0 spiro atoms. The number of anilines is 1. The fraction of sp³-hybridized carbons (Fsp3) is 0.350. The number of benzene rings is 2. The smallest absolute Gasteiger partial charge is 0.416 e. The van der Waals surface area contributed by atoms with Gasteiger partial charge in [0.1, 0.15) is 5.75 Å². The summed E-state index contributed by atoms with van der Waals surface area (Å²) in [6.45, 7) is 0.457. The highest BCUT2D eigenvalue weighted by Crippen LogP contribution is 2.30.